The SMILES string of the molecule is Cc1cc(C)[n+](C)c(SCC2=C(C(=O)[O-])N3C(=O)C(NC(=O)/C(=N\OC(C)(C)C(=O)O)c4cnc(N)s4)C3SC2)n1. The molecule has 2 aliphatic heterocycles. The molecular formula is C24H27N7O7S3. The zero-order chi connectivity index (χ0) is 30.2. The van der Waals surface area contributed by atoms with E-state index in [1.807, 2.05) is 31.5 Å². The van der Waals surface area contributed by atoms with Gasteiger partial charge in [0.25, 0.3) is 11.8 Å². The molecule has 4 N–H and O–H groups in total. The van der Waals surface area contributed by atoms with Gasteiger partial charge in [-0.3, -0.25) is 14.5 Å². The summed E-state index contributed by atoms with van der Waals surface area (Å²) in [6, 6.07) is 0.862. The molecule has 1 saturated heterocycles. The maximum Gasteiger partial charge on any atom is 0.359 e. The van der Waals surface area contributed by atoms with Crippen molar-refractivity contribution in [2.75, 3.05) is 17.2 Å². The van der Waals surface area contributed by atoms with Crippen LogP contribution in [0.4, 0.5) is 5.13 Å². The lowest BCUT2D eigenvalue weighted by molar-refractivity contribution is -0.719. The summed E-state index contributed by atoms with van der Waals surface area (Å²) in [4.78, 5) is 64.8. The van der Waals surface area contributed by atoms with Gasteiger partial charge in [0.1, 0.15) is 17.1 Å². The van der Waals surface area contributed by atoms with E-state index in [-0.39, 0.29) is 32.9 Å². The Hall–Kier alpha value is -3.70. The van der Waals surface area contributed by atoms with Crippen molar-refractivity contribution in [2.45, 2.75) is 49.9 Å². The molecule has 0 bridgehead atoms. The molecule has 218 valence electrons. The monoisotopic (exact) mass is 621 g/mol. The van der Waals surface area contributed by atoms with E-state index in [0.29, 0.717) is 10.7 Å². The summed E-state index contributed by atoms with van der Waals surface area (Å²) in [7, 11) is 1.86. The molecule has 2 aromatic heterocycles. The number of carbonyl (C=O) groups is 4. The fourth-order valence-corrected chi connectivity index (χ4v) is 7.10. The van der Waals surface area contributed by atoms with Gasteiger partial charge in [-0.05, 0) is 43.1 Å². The molecule has 0 aromatic carbocycles. The third kappa shape index (κ3) is 6.15. The van der Waals surface area contributed by atoms with E-state index < -0.39 is 40.8 Å². The number of fused-ring (bicyclic) bond motifs is 1. The van der Waals surface area contributed by atoms with Crippen LogP contribution in [-0.2, 0) is 31.1 Å². The van der Waals surface area contributed by atoms with E-state index in [1.165, 1.54) is 43.6 Å². The van der Waals surface area contributed by atoms with Gasteiger partial charge in [0.15, 0.2) is 16.5 Å². The molecule has 1 fully saturated rings. The Morgan fingerprint density at radius 1 is 1.39 bits per heavy atom. The number of aromatic nitrogens is 3. The van der Waals surface area contributed by atoms with Gasteiger partial charge in [0.05, 0.1) is 23.6 Å². The Bertz CT molecular complexity index is 1500. The number of aliphatic carboxylic acids is 2. The average Bonchev–Trinajstić information content (AvgIpc) is 3.33. The van der Waals surface area contributed by atoms with Gasteiger partial charge >= 0.3 is 11.1 Å². The largest absolute Gasteiger partial charge is 0.543 e. The lowest BCUT2D eigenvalue weighted by Gasteiger charge is -2.50. The van der Waals surface area contributed by atoms with Crippen LogP contribution in [0.25, 0.3) is 0 Å². The number of hydrogen-bond acceptors (Lipinski definition) is 13. The number of hydrogen-bond donors (Lipinski definition) is 3. The summed E-state index contributed by atoms with van der Waals surface area (Å²) < 4.78 is 1.90. The predicted octanol–water partition coefficient (Wildman–Crippen LogP) is -0.658. The molecule has 2 amide bonds. The van der Waals surface area contributed by atoms with Crippen LogP contribution in [0.1, 0.15) is 30.1 Å². The molecule has 4 rings (SSSR count). The highest BCUT2D eigenvalue weighted by Crippen LogP contribution is 2.41. The molecule has 14 nitrogen and oxygen atoms in total. The van der Waals surface area contributed by atoms with Gasteiger partial charge in [-0.2, -0.15) is 0 Å². The van der Waals surface area contributed by atoms with Crippen LogP contribution >= 0.6 is 34.9 Å². The molecule has 2 atom stereocenters. The number of carboxylic acid groups (broad SMARTS) is 2. The Kier molecular flexibility index (Phi) is 8.60. The number of nitrogen functional groups attached to an aromatic ring is 1. The maximum absolute atomic E-state index is 13.2. The first-order chi connectivity index (χ1) is 19.2. The summed E-state index contributed by atoms with van der Waals surface area (Å²) in [5.41, 5.74) is 5.70. The smallest absolute Gasteiger partial charge is 0.359 e. The molecular weight excluding hydrogens is 595 g/mol. The fraction of sp³-hybridized carbons (Fsp3) is 0.417. The van der Waals surface area contributed by atoms with Crippen molar-refractivity contribution in [3.63, 3.8) is 0 Å². The van der Waals surface area contributed by atoms with Gasteiger partial charge in [0, 0.05) is 30.7 Å². The minimum atomic E-state index is -1.75. The first-order valence-electron chi connectivity index (χ1n) is 12.1. The number of β-lactam (4-membered cyclic amide) rings is 1. The van der Waals surface area contributed by atoms with Crippen LogP contribution in [0, 0.1) is 13.8 Å². The van der Waals surface area contributed by atoms with Crippen LogP contribution in [0.5, 0.6) is 0 Å². The van der Waals surface area contributed by atoms with Crippen molar-refractivity contribution in [3.05, 3.63) is 39.8 Å². The Balaban J connectivity index is 1.53. The standard InChI is InChI=1S/C24H27N7O7S3/c1-10-6-11(2)30(5)23(27-10)40-9-12-8-39-19-15(18(33)31(19)16(12)20(34)35)28-17(32)14(13-7-26-22(25)41-13)29-38-24(3,4)21(36)37/h6-7,15,19H,8-9H2,1-5H3,(H4-,25,26,28,29,32,34,35,36,37). The summed E-state index contributed by atoms with van der Waals surface area (Å²) >= 11 is 3.56. The molecule has 4 heterocycles. The van der Waals surface area contributed by atoms with E-state index in [2.05, 4.69) is 20.4 Å². The van der Waals surface area contributed by atoms with Crippen LogP contribution in [-0.4, -0.2) is 78.0 Å². The van der Waals surface area contributed by atoms with Crippen molar-refractivity contribution in [3.8, 4) is 0 Å². The van der Waals surface area contributed by atoms with Gasteiger partial charge in [-0.1, -0.05) is 16.5 Å². The number of nitrogens with one attached hydrogen (secondary N) is 1. The summed E-state index contributed by atoms with van der Waals surface area (Å²) in [6.07, 6.45) is 1.27. The van der Waals surface area contributed by atoms with Crippen molar-refractivity contribution >= 4 is 69.5 Å². The van der Waals surface area contributed by atoms with Crippen molar-refractivity contribution < 1.29 is 38.8 Å². The quantitative estimate of drug-likeness (QED) is 0.0756. The number of thiazole rings is 1. The average molecular weight is 622 g/mol. The van der Waals surface area contributed by atoms with Gasteiger partial charge in [0.2, 0.25) is 5.60 Å². The third-order valence-corrected chi connectivity index (χ3v) is 9.55. The van der Waals surface area contributed by atoms with E-state index >= 15 is 0 Å². The maximum atomic E-state index is 13.2. The van der Waals surface area contributed by atoms with Gasteiger partial charge in [-0.25, -0.2) is 14.3 Å². The molecule has 0 aliphatic carbocycles. The second-order valence-electron chi connectivity index (χ2n) is 9.68. The van der Waals surface area contributed by atoms with Crippen molar-refractivity contribution in [1.29, 1.82) is 0 Å². The highest BCUT2D eigenvalue weighted by Gasteiger charge is 2.53. The lowest BCUT2D eigenvalue weighted by atomic mass is 10.0. The van der Waals surface area contributed by atoms with Gasteiger partial charge in [-0.15, -0.1) is 11.8 Å². The van der Waals surface area contributed by atoms with Crippen LogP contribution < -0.4 is 20.7 Å². The van der Waals surface area contributed by atoms with E-state index in [9.17, 15) is 29.4 Å². The Morgan fingerprint density at radius 3 is 2.71 bits per heavy atom. The number of nitrogens with zero attached hydrogens (tertiary/aromatic N) is 5. The Labute approximate surface area is 247 Å². The van der Waals surface area contributed by atoms with E-state index in [0.717, 1.165) is 27.6 Å². The molecule has 2 aliphatic rings. The third-order valence-electron chi connectivity index (χ3n) is 6.26. The first kappa shape index (κ1) is 30.3. The molecule has 17 heteroatoms. The summed E-state index contributed by atoms with van der Waals surface area (Å²) in [5.74, 6) is -3.73. The van der Waals surface area contributed by atoms with E-state index in [4.69, 9.17) is 10.6 Å². The summed E-state index contributed by atoms with van der Waals surface area (Å²) in [6.45, 7) is 6.32. The number of rotatable bonds is 10. The highest BCUT2D eigenvalue weighted by atomic mass is 32.2. The molecule has 0 radical (unpaired) electrons. The van der Waals surface area contributed by atoms with Crippen molar-refractivity contribution in [1.82, 2.24) is 20.2 Å². The summed E-state index contributed by atoms with van der Waals surface area (Å²) in [5, 5.41) is 27.9. The molecule has 2 unspecified atom stereocenters. The predicted molar refractivity (Wildman–Crippen MR) is 149 cm³/mol. The number of oxime groups is 1. The minimum absolute atomic E-state index is 0.130. The van der Waals surface area contributed by atoms with Gasteiger partial charge < -0.3 is 30.9 Å². The number of nitrogens with two attached hydrogens (primary N) is 1. The fourth-order valence-electron chi connectivity index (χ4n) is 3.88. The minimum Gasteiger partial charge on any atom is -0.543 e. The zero-order valence-corrected chi connectivity index (χ0v) is 25.1. The Morgan fingerprint density at radius 2 is 2.10 bits per heavy atom. The van der Waals surface area contributed by atoms with Crippen LogP contribution in [0.15, 0.2) is 33.8 Å². The van der Waals surface area contributed by atoms with E-state index in [1.54, 1.807) is 0 Å². The second-order valence-corrected chi connectivity index (χ2v) is 12.8. The molecule has 2 aromatic rings. The zero-order valence-electron chi connectivity index (χ0n) is 22.7. The lowest BCUT2D eigenvalue weighted by Crippen LogP contribution is -2.71. The molecule has 41 heavy (non-hydrogen) atoms. The van der Waals surface area contributed by atoms with Crippen molar-refractivity contribution in [2.24, 2.45) is 12.2 Å². The highest BCUT2D eigenvalue weighted by molar-refractivity contribution is 8.01. The number of aryl methyl sites for hydroxylation is 2. The van der Waals surface area contributed by atoms with Crippen LogP contribution in [0.2, 0.25) is 0 Å². The molecule has 0 spiro atoms. The molecule has 0 saturated carbocycles. The first-order valence-corrected chi connectivity index (χ1v) is 14.9. The number of thioether (sulfide) groups is 2. The number of amides is 2. The normalized spacial score (nSPS) is 19.0. The number of anilines is 1. The topological polar surface area (TPSA) is 204 Å². The second kappa shape index (κ2) is 11.7. The number of carboxylic acids is 2. The van der Waals surface area contributed by atoms with Crippen LogP contribution in [0.3, 0.4) is 0 Å². The number of carbonyl (C=O) groups excluding carboxylic acids is 3.